The second-order valence-electron chi connectivity index (χ2n) is 7.90. The highest BCUT2D eigenvalue weighted by molar-refractivity contribution is 8.00. The summed E-state index contributed by atoms with van der Waals surface area (Å²) in [7, 11) is 0. The molecule has 2 rings (SSSR count). The highest BCUT2D eigenvalue weighted by atomic mass is 32.2. The zero-order valence-corrected chi connectivity index (χ0v) is 20.3. The fraction of sp³-hybridized carbons (Fsp3) is 0.800. The van der Waals surface area contributed by atoms with Crippen LogP contribution in [-0.2, 0) is 47.6 Å². The van der Waals surface area contributed by atoms with Crippen molar-refractivity contribution in [3.8, 4) is 0 Å². The monoisotopic (exact) mass is 526 g/mol. The fourth-order valence-corrected chi connectivity index (χ4v) is 5.19. The van der Waals surface area contributed by atoms with E-state index in [-0.39, 0.29) is 0 Å². The number of hydrogen-bond acceptors (Lipinski definition) is 15. The number of aliphatic hydroxyl groups is 4. The van der Waals surface area contributed by atoms with Crippen molar-refractivity contribution in [3.63, 3.8) is 0 Å². The standard InChI is InChI=1S/C20H30O14S/c1-7(22)29-6-12-15(30-8(2)23)16(31-9(3)24)17(32-10(4)25)20(34-12)35-18-13(26)11(5-21)33-19(28)14(18)27/h11-21,26-28H,5-6H2,1-4H3/t11-,12-,13-,14-,15-,16+,17-,18+,19-,20+/m1/s1. The molecule has 2 aliphatic rings. The van der Waals surface area contributed by atoms with Gasteiger partial charge in [-0.2, -0.15) is 0 Å². The van der Waals surface area contributed by atoms with E-state index in [9.17, 15) is 39.6 Å². The molecule has 0 aromatic heterocycles. The molecule has 10 atom stereocenters. The van der Waals surface area contributed by atoms with E-state index in [1.165, 1.54) is 0 Å². The first-order valence-corrected chi connectivity index (χ1v) is 11.6. The van der Waals surface area contributed by atoms with Gasteiger partial charge in [0.05, 0.1) is 18.0 Å². The largest absolute Gasteiger partial charge is 0.463 e. The highest BCUT2D eigenvalue weighted by Gasteiger charge is 2.55. The topological polar surface area (TPSA) is 205 Å². The summed E-state index contributed by atoms with van der Waals surface area (Å²) in [6, 6.07) is 0. The Morgan fingerprint density at radius 2 is 1.29 bits per heavy atom. The Morgan fingerprint density at radius 3 is 1.80 bits per heavy atom. The van der Waals surface area contributed by atoms with Gasteiger partial charge in [0.1, 0.15) is 30.4 Å². The highest BCUT2D eigenvalue weighted by Crippen LogP contribution is 2.40. The first-order chi connectivity index (χ1) is 16.3. The third-order valence-electron chi connectivity index (χ3n) is 5.08. The van der Waals surface area contributed by atoms with Crippen molar-refractivity contribution in [3.05, 3.63) is 0 Å². The van der Waals surface area contributed by atoms with Crippen molar-refractivity contribution >= 4 is 35.6 Å². The summed E-state index contributed by atoms with van der Waals surface area (Å²) >= 11 is 0.698. The quantitative estimate of drug-likeness (QED) is 0.192. The molecule has 0 aromatic rings. The van der Waals surface area contributed by atoms with Crippen LogP contribution in [0.3, 0.4) is 0 Å². The van der Waals surface area contributed by atoms with Crippen molar-refractivity contribution in [2.24, 2.45) is 0 Å². The molecule has 0 aromatic carbocycles. The van der Waals surface area contributed by atoms with Gasteiger partial charge in [-0.1, -0.05) is 0 Å². The Morgan fingerprint density at radius 1 is 0.743 bits per heavy atom. The molecule has 35 heavy (non-hydrogen) atoms. The SMILES string of the molecule is CC(=O)OC[C@H]1O[C@@H](S[C@@H]2[C@@H](O)[C@H](O)O[C@H](CO)[C@H]2O)[C@H](OC(C)=O)[C@@H](OC(C)=O)[C@@H]1OC(C)=O. The van der Waals surface area contributed by atoms with Crippen LogP contribution in [-0.4, -0.2) is 117 Å². The maximum Gasteiger partial charge on any atom is 0.303 e. The van der Waals surface area contributed by atoms with Crippen molar-refractivity contribution in [2.45, 2.75) is 87.4 Å². The lowest BCUT2D eigenvalue weighted by Crippen LogP contribution is -2.63. The molecule has 2 saturated heterocycles. The van der Waals surface area contributed by atoms with Crippen LogP contribution in [0.4, 0.5) is 0 Å². The van der Waals surface area contributed by atoms with E-state index in [1.807, 2.05) is 0 Å². The molecule has 0 spiro atoms. The first-order valence-electron chi connectivity index (χ1n) is 10.6. The van der Waals surface area contributed by atoms with Gasteiger partial charge < -0.3 is 48.8 Å². The third kappa shape index (κ3) is 7.73. The van der Waals surface area contributed by atoms with Gasteiger partial charge in [0, 0.05) is 27.7 Å². The van der Waals surface area contributed by atoms with E-state index in [0.717, 1.165) is 27.7 Å². The predicted molar refractivity (Wildman–Crippen MR) is 113 cm³/mol. The van der Waals surface area contributed by atoms with E-state index in [2.05, 4.69) is 0 Å². The molecule has 2 fully saturated rings. The molecule has 0 saturated carbocycles. The average molecular weight is 527 g/mol. The number of thioether (sulfide) groups is 1. The van der Waals surface area contributed by atoms with E-state index in [1.54, 1.807) is 0 Å². The van der Waals surface area contributed by atoms with Gasteiger partial charge in [-0.15, -0.1) is 11.8 Å². The summed E-state index contributed by atoms with van der Waals surface area (Å²) in [6.07, 6.45) is -11.6. The van der Waals surface area contributed by atoms with Gasteiger partial charge in [-0.25, -0.2) is 0 Å². The van der Waals surface area contributed by atoms with Gasteiger partial charge in [0.15, 0.2) is 24.6 Å². The van der Waals surface area contributed by atoms with Gasteiger partial charge >= 0.3 is 23.9 Å². The summed E-state index contributed by atoms with van der Waals surface area (Å²) in [4.78, 5) is 46.9. The Kier molecular flexibility index (Phi) is 10.7. The van der Waals surface area contributed by atoms with Gasteiger partial charge in [-0.3, -0.25) is 19.2 Å². The summed E-state index contributed by atoms with van der Waals surface area (Å²) in [6.45, 7) is 3.23. The van der Waals surface area contributed by atoms with Crippen molar-refractivity contribution in [1.82, 2.24) is 0 Å². The maximum atomic E-state index is 11.9. The molecule has 0 bridgehead atoms. The van der Waals surface area contributed by atoms with Crippen LogP contribution in [0.2, 0.25) is 0 Å². The predicted octanol–water partition coefficient (Wildman–Crippen LogP) is -2.40. The first kappa shape index (κ1) is 29.2. The summed E-state index contributed by atoms with van der Waals surface area (Å²) in [5.74, 6) is -3.11. The lowest BCUT2D eigenvalue weighted by molar-refractivity contribution is -0.250. The van der Waals surface area contributed by atoms with Gasteiger partial charge in [0.25, 0.3) is 0 Å². The molecule has 0 radical (unpaired) electrons. The molecule has 200 valence electrons. The van der Waals surface area contributed by atoms with Crippen LogP contribution in [0.15, 0.2) is 0 Å². The van der Waals surface area contributed by atoms with Crippen molar-refractivity contribution < 1.29 is 68.0 Å². The molecule has 2 aliphatic heterocycles. The van der Waals surface area contributed by atoms with Crippen molar-refractivity contribution in [2.75, 3.05) is 13.2 Å². The smallest absolute Gasteiger partial charge is 0.303 e. The normalized spacial score (nSPS) is 37.1. The van der Waals surface area contributed by atoms with E-state index >= 15 is 0 Å². The van der Waals surface area contributed by atoms with E-state index in [4.69, 9.17) is 28.4 Å². The number of rotatable bonds is 8. The van der Waals surface area contributed by atoms with Crippen LogP contribution in [0.25, 0.3) is 0 Å². The minimum atomic E-state index is -1.77. The molecular weight excluding hydrogens is 496 g/mol. The summed E-state index contributed by atoms with van der Waals surface area (Å²) in [5, 5.41) is 39.2. The average Bonchev–Trinajstić information content (AvgIpc) is 2.75. The lowest BCUT2D eigenvalue weighted by Gasteiger charge is -2.47. The molecule has 0 aliphatic carbocycles. The second-order valence-corrected chi connectivity index (χ2v) is 9.18. The zero-order valence-electron chi connectivity index (χ0n) is 19.5. The molecule has 14 nitrogen and oxygen atoms in total. The second kappa shape index (κ2) is 12.8. The number of aliphatic hydroxyl groups excluding tert-OH is 4. The molecule has 0 unspecified atom stereocenters. The number of hydrogen-bond donors (Lipinski definition) is 4. The molecule has 2 heterocycles. The summed E-state index contributed by atoms with van der Waals surface area (Å²) in [5.41, 5.74) is -1.30. The number of ether oxygens (including phenoxy) is 6. The molecular formula is C20H30O14S. The minimum absolute atomic E-state index is 0.449. The number of esters is 4. The maximum absolute atomic E-state index is 11.9. The number of carbonyl (C=O) groups excluding carboxylic acids is 4. The van der Waals surface area contributed by atoms with E-state index < -0.39 is 96.8 Å². The summed E-state index contributed by atoms with van der Waals surface area (Å²) < 4.78 is 31.8. The van der Waals surface area contributed by atoms with E-state index in [0.29, 0.717) is 11.8 Å². The molecule has 4 N–H and O–H groups in total. The Bertz CT molecular complexity index is 777. The van der Waals surface area contributed by atoms with Crippen molar-refractivity contribution in [1.29, 1.82) is 0 Å². The number of carbonyl (C=O) groups is 4. The Labute approximate surface area is 204 Å². The van der Waals surface area contributed by atoms with Gasteiger partial charge in [-0.05, 0) is 0 Å². The Balaban J connectivity index is 2.46. The van der Waals surface area contributed by atoms with Gasteiger partial charge in [0.2, 0.25) is 0 Å². The zero-order chi connectivity index (χ0) is 26.4. The van der Waals surface area contributed by atoms with Crippen LogP contribution in [0.5, 0.6) is 0 Å². The minimum Gasteiger partial charge on any atom is -0.463 e. The molecule has 15 heteroatoms. The van der Waals surface area contributed by atoms with Crippen LogP contribution < -0.4 is 0 Å². The van der Waals surface area contributed by atoms with Crippen LogP contribution in [0.1, 0.15) is 27.7 Å². The third-order valence-corrected chi connectivity index (χ3v) is 6.60. The molecule has 0 amide bonds. The fourth-order valence-electron chi connectivity index (χ4n) is 3.68. The lowest BCUT2D eigenvalue weighted by atomic mass is 9.99. The van der Waals surface area contributed by atoms with Crippen LogP contribution >= 0.6 is 11.8 Å². The van der Waals surface area contributed by atoms with Crippen LogP contribution in [0, 0.1) is 0 Å². The Hall–Kier alpha value is -2.01.